The molecule has 1 aromatic heterocycles. The molecule has 0 atom stereocenters. The molecule has 0 bridgehead atoms. The fourth-order valence-electron chi connectivity index (χ4n) is 2.26. The minimum atomic E-state index is 0.0970. The largest absolute Gasteiger partial charge is 0.292 e. The number of rotatable bonds is 5. The highest BCUT2D eigenvalue weighted by atomic mass is 16.1. The summed E-state index contributed by atoms with van der Waals surface area (Å²) in [6.07, 6.45) is 2.94. The van der Waals surface area contributed by atoms with Crippen molar-refractivity contribution in [1.29, 1.82) is 0 Å². The molecule has 0 aliphatic rings. The summed E-state index contributed by atoms with van der Waals surface area (Å²) in [7, 11) is 0. The fraction of sp³-hybridized carbons (Fsp3) is 0.333. The molecule has 20 heavy (non-hydrogen) atoms. The highest BCUT2D eigenvalue weighted by molar-refractivity contribution is 5.97. The smallest absolute Gasteiger partial charge is 0.185 e. The van der Waals surface area contributed by atoms with E-state index in [4.69, 9.17) is 0 Å². The molecule has 0 aliphatic heterocycles. The number of benzene rings is 1. The van der Waals surface area contributed by atoms with Crippen molar-refractivity contribution in [2.45, 2.75) is 39.5 Å². The van der Waals surface area contributed by atoms with E-state index in [-0.39, 0.29) is 5.78 Å². The van der Waals surface area contributed by atoms with Gasteiger partial charge in [0.15, 0.2) is 5.78 Å². The van der Waals surface area contributed by atoms with E-state index in [1.165, 1.54) is 5.56 Å². The quantitative estimate of drug-likeness (QED) is 0.760. The van der Waals surface area contributed by atoms with Gasteiger partial charge in [0.05, 0.1) is 0 Å². The van der Waals surface area contributed by atoms with Crippen LogP contribution in [0.2, 0.25) is 0 Å². The predicted octanol–water partition coefficient (Wildman–Crippen LogP) is 4.19. The molecule has 1 heterocycles. The molecule has 0 saturated carbocycles. The lowest BCUT2D eigenvalue weighted by Crippen LogP contribution is -2.09. The highest BCUT2D eigenvalue weighted by Gasteiger charge is 2.12. The lowest BCUT2D eigenvalue weighted by atomic mass is 9.98. The third-order valence-electron chi connectivity index (χ3n) is 3.55. The van der Waals surface area contributed by atoms with E-state index >= 15 is 0 Å². The molecule has 1 aromatic carbocycles. The van der Waals surface area contributed by atoms with Crippen molar-refractivity contribution in [3.05, 3.63) is 65.0 Å². The third kappa shape index (κ3) is 3.32. The molecule has 104 valence electrons. The first-order chi connectivity index (χ1) is 9.61. The Morgan fingerprint density at radius 3 is 2.45 bits per heavy atom. The molecule has 2 heteroatoms. The first-order valence-electron chi connectivity index (χ1n) is 7.17. The number of Topliss-reactive ketones (excluding diaryl/α,β-unsaturated/α-hetero) is 1. The minimum Gasteiger partial charge on any atom is -0.292 e. The van der Waals surface area contributed by atoms with Crippen LogP contribution in [-0.2, 0) is 12.8 Å². The summed E-state index contributed by atoms with van der Waals surface area (Å²) in [5.41, 5.74) is 3.99. The van der Waals surface area contributed by atoms with Crippen molar-refractivity contribution in [1.82, 2.24) is 4.98 Å². The van der Waals surface area contributed by atoms with Gasteiger partial charge in [-0.2, -0.15) is 0 Å². The highest BCUT2D eigenvalue weighted by Crippen LogP contribution is 2.16. The molecule has 0 N–H and O–H groups in total. The summed E-state index contributed by atoms with van der Waals surface area (Å²) in [6.45, 7) is 6.38. The van der Waals surface area contributed by atoms with E-state index in [2.05, 4.69) is 31.0 Å². The zero-order valence-electron chi connectivity index (χ0n) is 12.4. The first kappa shape index (κ1) is 14.4. The summed E-state index contributed by atoms with van der Waals surface area (Å²) in [5, 5.41) is 0. The summed E-state index contributed by atoms with van der Waals surface area (Å²) in [5.74, 6) is 0.613. The molecule has 0 amide bonds. The van der Waals surface area contributed by atoms with E-state index < -0.39 is 0 Å². The van der Waals surface area contributed by atoms with E-state index in [0.29, 0.717) is 18.0 Å². The van der Waals surface area contributed by atoms with Crippen LogP contribution in [0.1, 0.15) is 53.9 Å². The maximum atomic E-state index is 12.4. The van der Waals surface area contributed by atoms with E-state index in [1.54, 1.807) is 6.20 Å². The van der Waals surface area contributed by atoms with Gasteiger partial charge in [-0.15, -0.1) is 0 Å². The summed E-state index contributed by atoms with van der Waals surface area (Å²) >= 11 is 0. The summed E-state index contributed by atoms with van der Waals surface area (Å²) in [4.78, 5) is 16.6. The zero-order valence-corrected chi connectivity index (χ0v) is 12.4. The fourth-order valence-corrected chi connectivity index (χ4v) is 2.26. The van der Waals surface area contributed by atoms with Gasteiger partial charge >= 0.3 is 0 Å². The van der Waals surface area contributed by atoms with E-state index in [9.17, 15) is 4.79 Å². The normalized spacial score (nSPS) is 10.8. The van der Waals surface area contributed by atoms with Crippen LogP contribution in [0.5, 0.6) is 0 Å². The molecule has 0 fully saturated rings. The first-order valence-corrected chi connectivity index (χ1v) is 7.17. The van der Waals surface area contributed by atoms with Crippen LogP contribution in [0.4, 0.5) is 0 Å². The minimum absolute atomic E-state index is 0.0970. The monoisotopic (exact) mass is 267 g/mol. The number of nitrogens with zero attached hydrogens (tertiary/aromatic N) is 1. The second-order valence-corrected chi connectivity index (χ2v) is 5.36. The number of pyridine rings is 1. The van der Waals surface area contributed by atoms with Gasteiger partial charge in [-0.25, -0.2) is 0 Å². The maximum absolute atomic E-state index is 12.4. The molecule has 2 nitrogen and oxygen atoms in total. The van der Waals surface area contributed by atoms with E-state index in [1.807, 2.05) is 31.2 Å². The standard InChI is InChI=1S/C18H21NO/c1-4-15-6-5-11-19-18(15)17(20)12-14-7-9-16(10-8-14)13(2)3/h5-11,13H,4,12H2,1-3H3. The summed E-state index contributed by atoms with van der Waals surface area (Å²) in [6, 6.07) is 12.2. The van der Waals surface area contributed by atoms with Gasteiger partial charge in [0.1, 0.15) is 5.69 Å². The van der Waals surface area contributed by atoms with Crippen molar-refractivity contribution < 1.29 is 4.79 Å². The second kappa shape index (κ2) is 6.47. The van der Waals surface area contributed by atoms with Crippen LogP contribution in [0, 0.1) is 0 Å². The van der Waals surface area contributed by atoms with Gasteiger partial charge in [-0.3, -0.25) is 9.78 Å². The van der Waals surface area contributed by atoms with Gasteiger partial charge < -0.3 is 0 Å². The number of hydrogen-bond acceptors (Lipinski definition) is 2. The lowest BCUT2D eigenvalue weighted by Gasteiger charge is -2.08. The topological polar surface area (TPSA) is 30.0 Å². The number of carbonyl (C=O) groups is 1. The molecule has 2 aromatic rings. The molecule has 0 radical (unpaired) electrons. The average Bonchev–Trinajstić information content (AvgIpc) is 2.47. The molecule has 0 saturated heterocycles. The number of hydrogen-bond donors (Lipinski definition) is 0. The van der Waals surface area contributed by atoms with Crippen LogP contribution in [0.25, 0.3) is 0 Å². The Hall–Kier alpha value is -1.96. The van der Waals surface area contributed by atoms with Crippen LogP contribution in [0.3, 0.4) is 0 Å². The average molecular weight is 267 g/mol. The maximum Gasteiger partial charge on any atom is 0.185 e. The predicted molar refractivity (Wildman–Crippen MR) is 82.2 cm³/mol. The Morgan fingerprint density at radius 2 is 1.85 bits per heavy atom. The Bertz CT molecular complexity index is 585. The van der Waals surface area contributed by atoms with Gasteiger partial charge in [-0.05, 0) is 35.1 Å². The van der Waals surface area contributed by atoms with Crippen LogP contribution in [-0.4, -0.2) is 10.8 Å². The number of ketones is 1. The number of aryl methyl sites for hydroxylation is 1. The van der Waals surface area contributed by atoms with Crippen LogP contribution in [0.15, 0.2) is 42.6 Å². The van der Waals surface area contributed by atoms with Crippen molar-refractivity contribution in [2.24, 2.45) is 0 Å². The number of aromatic nitrogens is 1. The molecular formula is C18H21NO. The van der Waals surface area contributed by atoms with Crippen molar-refractivity contribution in [3.63, 3.8) is 0 Å². The Morgan fingerprint density at radius 1 is 1.15 bits per heavy atom. The lowest BCUT2D eigenvalue weighted by molar-refractivity contribution is 0.0987. The van der Waals surface area contributed by atoms with Gasteiger partial charge in [0.25, 0.3) is 0 Å². The van der Waals surface area contributed by atoms with Crippen LogP contribution >= 0.6 is 0 Å². The molecular weight excluding hydrogens is 246 g/mol. The molecule has 0 aliphatic carbocycles. The number of carbonyl (C=O) groups excluding carboxylic acids is 1. The van der Waals surface area contributed by atoms with Gasteiger partial charge in [0.2, 0.25) is 0 Å². The SMILES string of the molecule is CCc1cccnc1C(=O)Cc1ccc(C(C)C)cc1. The van der Waals surface area contributed by atoms with E-state index in [0.717, 1.165) is 17.5 Å². The second-order valence-electron chi connectivity index (χ2n) is 5.36. The third-order valence-corrected chi connectivity index (χ3v) is 3.55. The summed E-state index contributed by atoms with van der Waals surface area (Å²) < 4.78 is 0. The molecule has 0 unspecified atom stereocenters. The van der Waals surface area contributed by atoms with Crippen molar-refractivity contribution in [2.75, 3.05) is 0 Å². The van der Waals surface area contributed by atoms with Gasteiger partial charge in [-0.1, -0.05) is 51.1 Å². The van der Waals surface area contributed by atoms with Crippen LogP contribution < -0.4 is 0 Å². The van der Waals surface area contributed by atoms with Gasteiger partial charge in [0, 0.05) is 12.6 Å². The zero-order chi connectivity index (χ0) is 14.5. The molecule has 2 rings (SSSR count). The molecule has 0 spiro atoms. The van der Waals surface area contributed by atoms with Crippen molar-refractivity contribution in [3.8, 4) is 0 Å². The Labute approximate surface area is 120 Å². The Kier molecular flexibility index (Phi) is 4.67. The van der Waals surface area contributed by atoms with Crippen molar-refractivity contribution >= 4 is 5.78 Å². The Balaban J connectivity index is 2.15.